The molecule has 0 radical (unpaired) electrons. The highest BCUT2D eigenvalue weighted by Gasteiger charge is 2.23. The van der Waals surface area contributed by atoms with Crippen molar-refractivity contribution in [3.05, 3.63) is 46.5 Å². The van der Waals surface area contributed by atoms with Gasteiger partial charge in [0.2, 0.25) is 0 Å². The zero-order chi connectivity index (χ0) is 23.8. The molecule has 4 unspecified atom stereocenters. The van der Waals surface area contributed by atoms with E-state index in [2.05, 4.69) is 20.8 Å². The summed E-state index contributed by atoms with van der Waals surface area (Å²) in [4.78, 5) is 13.4. The largest absolute Gasteiger partial charge is 0.490 e. The van der Waals surface area contributed by atoms with Gasteiger partial charge in [0.1, 0.15) is 17.2 Å². The van der Waals surface area contributed by atoms with Crippen molar-refractivity contribution in [2.75, 3.05) is 0 Å². The number of aryl methyl sites for hydroxylation is 1. The SMILES string of the molecule is CCC(C)Oc1cc(OC(C)CC)c(PC(=O)c2c(C)cccc2Cl)c(OC(C)CC)c1. The Balaban J connectivity index is 2.57. The van der Waals surface area contributed by atoms with Gasteiger partial charge in [-0.15, -0.1) is 0 Å². The Kier molecular flexibility index (Phi) is 10.3. The first kappa shape index (κ1) is 26.5. The van der Waals surface area contributed by atoms with Crippen LogP contribution in [-0.2, 0) is 0 Å². The molecule has 0 spiro atoms. The molecule has 4 atom stereocenters. The van der Waals surface area contributed by atoms with Crippen molar-refractivity contribution < 1.29 is 19.0 Å². The molecule has 4 nitrogen and oxygen atoms in total. The third-order valence-electron chi connectivity index (χ3n) is 5.45. The number of halogens is 1. The first-order chi connectivity index (χ1) is 15.2. The molecule has 0 heterocycles. The van der Waals surface area contributed by atoms with Crippen molar-refractivity contribution in [2.24, 2.45) is 0 Å². The maximum atomic E-state index is 13.4. The number of carbonyl (C=O) groups excluding carboxylic acids is 1. The molecule has 0 saturated carbocycles. The van der Waals surface area contributed by atoms with E-state index in [4.69, 9.17) is 25.8 Å². The molecule has 32 heavy (non-hydrogen) atoms. The van der Waals surface area contributed by atoms with Crippen molar-refractivity contribution in [3.8, 4) is 17.2 Å². The second kappa shape index (κ2) is 12.5. The molecular weight excluding hydrogens is 443 g/mol. The van der Waals surface area contributed by atoms with Gasteiger partial charge in [-0.1, -0.05) is 44.5 Å². The van der Waals surface area contributed by atoms with Crippen molar-refractivity contribution in [1.29, 1.82) is 0 Å². The molecule has 0 saturated heterocycles. The number of hydrogen-bond acceptors (Lipinski definition) is 4. The third-order valence-corrected chi connectivity index (χ3v) is 6.98. The average Bonchev–Trinajstić information content (AvgIpc) is 2.75. The van der Waals surface area contributed by atoms with E-state index < -0.39 is 0 Å². The highest BCUT2D eigenvalue weighted by atomic mass is 35.5. The van der Waals surface area contributed by atoms with Crippen molar-refractivity contribution in [2.45, 2.75) is 86.0 Å². The van der Waals surface area contributed by atoms with Crippen molar-refractivity contribution >= 4 is 31.0 Å². The van der Waals surface area contributed by atoms with Gasteiger partial charge < -0.3 is 14.2 Å². The fourth-order valence-corrected chi connectivity index (χ4v) is 4.53. The lowest BCUT2D eigenvalue weighted by atomic mass is 10.1. The Morgan fingerprint density at radius 3 is 1.88 bits per heavy atom. The molecule has 2 aromatic carbocycles. The van der Waals surface area contributed by atoms with Crippen LogP contribution in [0.2, 0.25) is 5.02 Å². The molecule has 0 aliphatic carbocycles. The topological polar surface area (TPSA) is 44.8 Å². The summed E-state index contributed by atoms with van der Waals surface area (Å²) >= 11 is 6.38. The van der Waals surface area contributed by atoms with E-state index >= 15 is 0 Å². The van der Waals surface area contributed by atoms with Gasteiger partial charge in [0.05, 0.1) is 28.6 Å². The number of rotatable bonds is 12. The van der Waals surface area contributed by atoms with Crippen LogP contribution in [0.4, 0.5) is 0 Å². The first-order valence-electron chi connectivity index (χ1n) is 11.4. The van der Waals surface area contributed by atoms with Crippen LogP contribution in [0.25, 0.3) is 0 Å². The molecule has 2 aromatic rings. The summed E-state index contributed by atoms with van der Waals surface area (Å²) in [5.41, 5.74) is 1.38. The molecule has 2 rings (SSSR count). The van der Waals surface area contributed by atoms with Crippen molar-refractivity contribution in [3.63, 3.8) is 0 Å². The van der Waals surface area contributed by atoms with Crippen LogP contribution < -0.4 is 19.5 Å². The number of ether oxygens (including phenoxy) is 3. The normalized spacial score (nSPS) is 14.2. The lowest BCUT2D eigenvalue weighted by Crippen LogP contribution is -2.21. The molecule has 0 aromatic heterocycles. The maximum absolute atomic E-state index is 13.4. The number of benzene rings is 2. The molecule has 0 fully saturated rings. The van der Waals surface area contributed by atoms with E-state index in [-0.39, 0.29) is 32.4 Å². The fourth-order valence-electron chi connectivity index (χ4n) is 2.95. The Hall–Kier alpha value is -1.77. The van der Waals surface area contributed by atoms with E-state index in [9.17, 15) is 4.79 Å². The molecule has 0 bridgehead atoms. The molecule has 0 aliphatic rings. The second-order valence-corrected chi connectivity index (χ2v) is 9.80. The molecule has 6 heteroatoms. The van der Waals surface area contributed by atoms with Crippen LogP contribution in [0.3, 0.4) is 0 Å². The van der Waals surface area contributed by atoms with E-state index in [1.165, 1.54) is 0 Å². The van der Waals surface area contributed by atoms with Gasteiger partial charge in [-0.2, -0.15) is 0 Å². The van der Waals surface area contributed by atoms with Crippen LogP contribution >= 0.6 is 20.2 Å². The lowest BCUT2D eigenvalue weighted by Gasteiger charge is -2.23. The summed E-state index contributed by atoms with van der Waals surface area (Å²) in [6.45, 7) is 14.2. The second-order valence-electron chi connectivity index (χ2n) is 8.19. The summed E-state index contributed by atoms with van der Waals surface area (Å²) in [5, 5.41) is 1.22. The quantitative estimate of drug-likeness (QED) is 0.300. The molecule has 0 amide bonds. The molecule has 176 valence electrons. The van der Waals surface area contributed by atoms with E-state index in [1.807, 2.05) is 52.0 Å². The van der Waals surface area contributed by atoms with Crippen LogP contribution in [-0.4, -0.2) is 23.8 Å². The minimum atomic E-state index is -0.188. The minimum absolute atomic E-state index is 0.00833. The molecular formula is C26H36ClO4P. The van der Waals surface area contributed by atoms with Crippen LogP contribution in [0.15, 0.2) is 30.3 Å². The zero-order valence-electron chi connectivity index (χ0n) is 20.3. The van der Waals surface area contributed by atoms with Crippen LogP contribution in [0, 0.1) is 6.92 Å². The first-order valence-corrected chi connectivity index (χ1v) is 12.8. The van der Waals surface area contributed by atoms with Crippen LogP contribution in [0.1, 0.15) is 76.7 Å². The monoisotopic (exact) mass is 478 g/mol. The summed E-state index contributed by atoms with van der Waals surface area (Å²) in [6, 6.07) is 9.28. The summed E-state index contributed by atoms with van der Waals surface area (Å²) < 4.78 is 18.6. The smallest absolute Gasteiger partial charge is 0.187 e. The molecule has 0 aliphatic heterocycles. The van der Waals surface area contributed by atoms with Gasteiger partial charge in [-0.3, -0.25) is 4.79 Å². The fraction of sp³-hybridized carbons (Fsp3) is 0.500. The number of carbonyl (C=O) groups is 1. The Bertz CT molecular complexity index is 861. The highest BCUT2D eigenvalue weighted by molar-refractivity contribution is 7.66. The van der Waals surface area contributed by atoms with Gasteiger partial charge in [0.25, 0.3) is 0 Å². The van der Waals surface area contributed by atoms with E-state index in [1.54, 1.807) is 6.07 Å². The summed E-state index contributed by atoms with van der Waals surface area (Å²) in [7, 11) is -0.188. The summed E-state index contributed by atoms with van der Waals surface area (Å²) in [6.07, 6.45) is 2.62. The Labute approximate surface area is 199 Å². The summed E-state index contributed by atoms with van der Waals surface area (Å²) in [5.74, 6) is 1.95. The van der Waals surface area contributed by atoms with E-state index in [0.29, 0.717) is 27.8 Å². The van der Waals surface area contributed by atoms with Crippen molar-refractivity contribution in [1.82, 2.24) is 0 Å². The van der Waals surface area contributed by atoms with Gasteiger partial charge in [0.15, 0.2) is 5.52 Å². The van der Waals surface area contributed by atoms with Gasteiger partial charge >= 0.3 is 0 Å². The average molecular weight is 479 g/mol. The zero-order valence-corrected chi connectivity index (χ0v) is 22.0. The lowest BCUT2D eigenvalue weighted by molar-refractivity contribution is 0.108. The standard InChI is InChI=1S/C26H36ClO4P/c1-8-17(5)29-20-14-22(30-18(6)9-2)25(23(15-20)31-19(7)10-3)32-26(28)24-16(4)12-11-13-21(24)27/h11-15,17-19,32H,8-10H2,1-7H3. The maximum Gasteiger partial charge on any atom is 0.187 e. The number of hydrogen-bond donors (Lipinski definition) is 0. The Morgan fingerprint density at radius 2 is 1.41 bits per heavy atom. The molecule has 0 N–H and O–H groups in total. The van der Waals surface area contributed by atoms with E-state index in [0.717, 1.165) is 30.1 Å². The van der Waals surface area contributed by atoms with Gasteiger partial charge in [0, 0.05) is 17.7 Å². The Morgan fingerprint density at radius 1 is 0.906 bits per heavy atom. The highest BCUT2D eigenvalue weighted by Crippen LogP contribution is 2.37. The van der Waals surface area contributed by atoms with Gasteiger partial charge in [-0.25, -0.2) is 0 Å². The minimum Gasteiger partial charge on any atom is -0.490 e. The van der Waals surface area contributed by atoms with Crippen LogP contribution in [0.5, 0.6) is 17.2 Å². The predicted molar refractivity (Wildman–Crippen MR) is 136 cm³/mol. The third kappa shape index (κ3) is 7.12. The van der Waals surface area contributed by atoms with Gasteiger partial charge in [-0.05, 0) is 67.2 Å². The predicted octanol–water partition coefficient (Wildman–Crippen LogP) is 7.32.